The summed E-state index contributed by atoms with van der Waals surface area (Å²) in [5, 5.41) is 10.2. The molecule has 124 valence electrons. The maximum atomic E-state index is 10.2. The number of nitrogens with zero attached hydrogens (tertiary/aromatic N) is 2. The number of aromatic nitrogens is 1. The van der Waals surface area contributed by atoms with E-state index in [-0.39, 0.29) is 12.1 Å². The fraction of sp³-hybridized carbons (Fsp3) is 0.526. The molecule has 3 rings (SSSR count). The Morgan fingerprint density at radius 1 is 1.26 bits per heavy atom. The molecule has 4 heteroatoms. The van der Waals surface area contributed by atoms with E-state index in [1.54, 1.807) is 6.20 Å². The predicted octanol–water partition coefficient (Wildman–Crippen LogP) is 3.89. The molecule has 3 atom stereocenters. The van der Waals surface area contributed by atoms with E-state index in [9.17, 15) is 5.11 Å². The molecule has 3 unspecified atom stereocenters. The number of hydrogen-bond donors (Lipinski definition) is 1. The van der Waals surface area contributed by atoms with Gasteiger partial charge in [-0.05, 0) is 32.7 Å². The smallest absolute Gasteiger partial charge is 0.211 e. The van der Waals surface area contributed by atoms with Crippen LogP contribution in [0.4, 0.5) is 0 Å². The minimum absolute atomic E-state index is 0.0987. The third kappa shape index (κ3) is 3.82. The fourth-order valence-corrected chi connectivity index (χ4v) is 3.33. The van der Waals surface area contributed by atoms with Gasteiger partial charge in [-0.15, -0.1) is 0 Å². The van der Waals surface area contributed by atoms with Gasteiger partial charge >= 0.3 is 0 Å². The van der Waals surface area contributed by atoms with Gasteiger partial charge in [-0.25, -0.2) is 4.98 Å². The highest BCUT2D eigenvalue weighted by atomic mass is 16.4. The molecule has 1 aromatic heterocycles. The summed E-state index contributed by atoms with van der Waals surface area (Å²) >= 11 is 0. The van der Waals surface area contributed by atoms with Gasteiger partial charge in [-0.2, -0.15) is 0 Å². The summed E-state index contributed by atoms with van der Waals surface area (Å²) in [7, 11) is 2.08. The van der Waals surface area contributed by atoms with Crippen LogP contribution in [0.1, 0.15) is 44.5 Å². The standard InChI is InChI=1S/C19H26N2O2/c1-14(21(2)13-16-10-6-7-11-17(16)22)19-20-12-18(23-19)15-8-4-3-5-9-15/h3-5,8-9,12,14,16-17,22H,6-7,10-11,13H2,1-2H3. The number of oxazole rings is 1. The Kier molecular flexibility index (Phi) is 5.13. The molecule has 1 saturated carbocycles. The van der Waals surface area contributed by atoms with Gasteiger partial charge in [-0.1, -0.05) is 43.2 Å². The van der Waals surface area contributed by atoms with E-state index in [0.29, 0.717) is 5.92 Å². The quantitative estimate of drug-likeness (QED) is 0.909. The molecule has 1 aliphatic carbocycles. The molecule has 0 aliphatic heterocycles. The van der Waals surface area contributed by atoms with Crippen molar-refractivity contribution in [1.29, 1.82) is 0 Å². The molecule has 0 amide bonds. The molecule has 4 nitrogen and oxygen atoms in total. The number of benzene rings is 1. The van der Waals surface area contributed by atoms with Crippen LogP contribution in [0.2, 0.25) is 0 Å². The summed E-state index contributed by atoms with van der Waals surface area (Å²) in [6, 6.07) is 10.1. The normalized spacial score (nSPS) is 23.1. The zero-order valence-electron chi connectivity index (χ0n) is 14.0. The summed E-state index contributed by atoms with van der Waals surface area (Å²) in [6.07, 6.45) is 6.05. The molecule has 1 aliphatic rings. The van der Waals surface area contributed by atoms with Crippen LogP contribution in [-0.2, 0) is 0 Å². The molecule has 23 heavy (non-hydrogen) atoms. The second-order valence-corrected chi connectivity index (χ2v) is 6.66. The lowest BCUT2D eigenvalue weighted by molar-refractivity contribution is 0.0422. The topological polar surface area (TPSA) is 49.5 Å². The van der Waals surface area contributed by atoms with E-state index in [1.165, 1.54) is 6.42 Å². The summed E-state index contributed by atoms with van der Waals surface area (Å²) in [5.41, 5.74) is 1.05. The molecule has 1 N–H and O–H groups in total. The first kappa shape index (κ1) is 16.2. The molecule has 0 saturated heterocycles. The van der Waals surface area contributed by atoms with Gasteiger partial charge in [0.25, 0.3) is 0 Å². The minimum Gasteiger partial charge on any atom is -0.439 e. The molecule has 0 radical (unpaired) electrons. The number of aliphatic hydroxyl groups is 1. The first-order valence-electron chi connectivity index (χ1n) is 8.54. The van der Waals surface area contributed by atoms with E-state index in [2.05, 4.69) is 23.9 Å². The Bertz CT molecular complexity index is 611. The zero-order chi connectivity index (χ0) is 16.2. The first-order valence-corrected chi connectivity index (χ1v) is 8.54. The van der Waals surface area contributed by atoms with Crippen LogP contribution in [-0.4, -0.2) is 34.7 Å². The van der Waals surface area contributed by atoms with Crippen LogP contribution in [0.5, 0.6) is 0 Å². The van der Waals surface area contributed by atoms with Gasteiger partial charge < -0.3 is 9.52 Å². The zero-order valence-corrected chi connectivity index (χ0v) is 14.0. The third-order valence-electron chi connectivity index (χ3n) is 4.99. The summed E-state index contributed by atoms with van der Waals surface area (Å²) in [6.45, 7) is 2.99. The highest BCUT2D eigenvalue weighted by Crippen LogP contribution is 2.29. The van der Waals surface area contributed by atoms with Crippen LogP contribution in [0.25, 0.3) is 11.3 Å². The van der Waals surface area contributed by atoms with Crippen molar-refractivity contribution in [2.75, 3.05) is 13.6 Å². The monoisotopic (exact) mass is 314 g/mol. The molecular formula is C19H26N2O2. The van der Waals surface area contributed by atoms with Gasteiger partial charge in [0.1, 0.15) is 0 Å². The van der Waals surface area contributed by atoms with Crippen molar-refractivity contribution in [3.8, 4) is 11.3 Å². The number of rotatable bonds is 5. The maximum Gasteiger partial charge on any atom is 0.211 e. The van der Waals surface area contributed by atoms with Crippen molar-refractivity contribution in [2.45, 2.75) is 44.8 Å². The van der Waals surface area contributed by atoms with Crippen LogP contribution in [0, 0.1) is 5.92 Å². The van der Waals surface area contributed by atoms with Crippen molar-refractivity contribution < 1.29 is 9.52 Å². The largest absolute Gasteiger partial charge is 0.439 e. The van der Waals surface area contributed by atoms with Crippen molar-refractivity contribution in [2.24, 2.45) is 5.92 Å². The molecule has 1 fully saturated rings. The maximum absolute atomic E-state index is 10.2. The average Bonchev–Trinajstić information content (AvgIpc) is 3.07. The number of aliphatic hydroxyl groups excluding tert-OH is 1. The highest BCUT2D eigenvalue weighted by molar-refractivity contribution is 5.55. The lowest BCUT2D eigenvalue weighted by Gasteiger charge is -2.33. The third-order valence-corrected chi connectivity index (χ3v) is 4.99. The van der Waals surface area contributed by atoms with Gasteiger partial charge in [0.2, 0.25) is 5.89 Å². The van der Waals surface area contributed by atoms with E-state index >= 15 is 0 Å². The summed E-state index contributed by atoms with van der Waals surface area (Å²) in [5.74, 6) is 1.90. The van der Waals surface area contributed by atoms with Gasteiger partial charge in [0.05, 0.1) is 18.3 Å². The van der Waals surface area contributed by atoms with Crippen molar-refractivity contribution in [3.63, 3.8) is 0 Å². The van der Waals surface area contributed by atoms with Crippen molar-refractivity contribution >= 4 is 0 Å². The van der Waals surface area contributed by atoms with Crippen LogP contribution in [0.15, 0.2) is 40.9 Å². The average molecular weight is 314 g/mol. The molecule has 0 bridgehead atoms. The first-order chi connectivity index (χ1) is 11.1. The molecule has 1 heterocycles. The SMILES string of the molecule is CC(c1ncc(-c2ccccc2)o1)N(C)CC1CCCCC1O. The van der Waals surface area contributed by atoms with Gasteiger partial charge in [0.15, 0.2) is 5.76 Å². The Morgan fingerprint density at radius 2 is 2.00 bits per heavy atom. The Hall–Kier alpha value is -1.65. The molecule has 2 aromatic rings. The minimum atomic E-state index is -0.164. The Morgan fingerprint density at radius 3 is 2.74 bits per heavy atom. The molecule has 1 aromatic carbocycles. The lowest BCUT2D eigenvalue weighted by Crippen LogP contribution is -2.36. The van der Waals surface area contributed by atoms with E-state index in [0.717, 1.165) is 43.0 Å². The van der Waals surface area contributed by atoms with E-state index < -0.39 is 0 Å². The highest BCUT2D eigenvalue weighted by Gasteiger charge is 2.27. The summed E-state index contributed by atoms with van der Waals surface area (Å²) in [4.78, 5) is 6.69. The predicted molar refractivity (Wildman–Crippen MR) is 90.9 cm³/mol. The fourth-order valence-electron chi connectivity index (χ4n) is 3.33. The summed E-state index contributed by atoms with van der Waals surface area (Å²) < 4.78 is 5.95. The molecular weight excluding hydrogens is 288 g/mol. The molecule has 0 spiro atoms. The van der Waals surface area contributed by atoms with Crippen LogP contribution >= 0.6 is 0 Å². The van der Waals surface area contributed by atoms with Crippen LogP contribution in [0.3, 0.4) is 0 Å². The second-order valence-electron chi connectivity index (χ2n) is 6.66. The van der Waals surface area contributed by atoms with E-state index in [1.807, 2.05) is 30.3 Å². The second kappa shape index (κ2) is 7.28. The van der Waals surface area contributed by atoms with Gasteiger partial charge in [-0.3, -0.25) is 4.90 Å². The van der Waals surface area contributed by atoms with E-state index in [4.69, 9.17) is 4.42 Å². The van der Waals surface area contributed by atoms with Gasteiger partial charge in [0, 0.05) is 12.1 Å². The Balaban J connectivity index is 1.65. The van der Waals surface area contributed by atoms with Crippen LogP contribution < -0.4 is 0 Å². The lowest BCUT2D eigenvalue weighted by atomic mass is 9.86. The Labute approximate surface area is 138 Å². The van der Waals surface area contributed by atoms with Crippen molar-refractivity contribution in [1.82, 2.24) is 9.88 Å². The van der Waals surface area contributed by atoms with Crippen molar-refractivity contribution in [3.05, 3.63) is 42.4 Å². The number of hydrogen-bond acceptors (Lipinski definition) is 4.